The summed E-state index contributed by atoms with van der Waals surface area (Å²) in [6.07, 6.45) is 2.11. The van der Waals surface area contributed by atoms with Crippen LogP contribution in [0.25, 0.3) is 27.8 Å². The van der Waals surface area contributed by atoms with E-state index >= 15 is 0 Å². The molecule has 0 saturated heterocycles. The average molecular weight is 597 g/mol. The molecule has 4 heteroatoms. The fraction of sp³-hybridized carbons (Fsp3) is 0.195. The van der Waals surface area contributed by atoms with Gasteiger partial charge in [0, 0.05) is 0 Å². The summed E-state index contributed by atoms with van der Waals surface area (Å²) in [5, 5.41) is 8.84. The van der Waals surface area contributed by atoms with Crippen molar-refractivity contribution in [3.8, 4) is 33.8 Å². The van der Waals surface area contributed by atoms with Crippen LogP contribution in [-0.4, -0.2) is 24.3 Å². The first-order valence-electron chi connectivity index (χ1n) is 15.5. The molecule has 0 heterocycles. The van der Waals surface area contributed by atoms with Crippen molar-refractivity contribution in [2.24, 2.45) is 0 Å². The Balaban J connectivity index is 1.41. The van der Waals surface area contributed by atoms with Crippen molar-refractivity contribution < 1.29 is 19.4 Å². The van der Waals surface area contributed by atoms with E-state index in [-0.39, 0.29) is 6.61 Å². The summed E-state index contributed by atoms with van der Waals surface area (Å²) in [7, 11) is 0. The Morgan fingerprint density at radius 2 is 1.04 bits per heavy atom. The number of hydrogen-bond acceptors (Lipinski definition) is 3. The second-order valence-corrected chi connectivity index (χ2v) is 11.8. The molecule has 0 aliphatic rings. The molecule has 0 aliphatic heterocycles. The van der Waals surface area contributed by atoms with E-state index in [1.807, 2.05) is 0 Å². The Morgan fingerprint density at radius 3 is 1.47 bits per heavy atom. The van der Waals surface area contributed by atoms with E-state index in [0.717, 1.165) is 16.7 Å². The Kier molecular flexibility index (Phi) is 10.2. The van der Waals surface area contributed by atoms with E-state index in [0.29, 0.717) is 29.9 Å². The molecule has 0 unspecified atom stereocenters. The number of rotatable bonds is 12. The maximum Gasteiger partial charge on any atom is 0.341 e. The van der Waals surface area contributed by atoms with Gasteiger partial charge in [0.05, 0.1) is 0 Å². The monoisotopic (exact) mass is 596 g/mol. The molecule has 0 spiro atoms. The molecule has 5 aromatic rings. The van der Waals surface area contributed by atoms with Gasteiger partial charge in [0.15, 0.2) is 6.61 Å². The van der Waals surface area contributed by atoms with Crippen LogP contribution in [0.3, 0.4) is 0 Å². The van der Waals surface area contributed by atoms with Gasteiger partial charge in [-0.1, -0.05) is 125 Å². The lowest BCUT2D eigenvalue weighted by Gasteiger charge is -2.13. The summed E-state index contributed by atoms with van der Waals surface area (Å²) >= 11 is 0. The summed E-state index contributed by atoms with van der Waals surface area (Å²) in [6, 6.07) is 41.9. The Hall–Kier alpha value is -5.09. The van der Waals surface area contributed by atoms with Crippen molar-refractivity contribution in [3.05, 3.63) is 150 Å². The van der Waals surface area contributed by atoms with Crippen molar-refractivity contribution in [1.82, 2.24) is 0 Å². The second kappa shape index (κ2) is 14.6. The predicted molar refractivity (Wildman–Crippen MR) is 184 cm³/mol. The predicted octanol–water partition coefficient (Wildman–Crippen LogP) is 10.2. The van der Waals surface area contributed by atoms with Crippen LogP contribution in [-0.2, 0) is 4.79 Å². The molecule has 0 fully saturated rings. The minimum Gasteiger partial charge on any atom is -0.490 e. The first kappa shape index (κ1) is 31.3. The first-order chi connectivity index (χ1) is 21.8. The largest absolute Gasteiger partial charge is 0.490 e. The highest BCUT2D eigenvalue weighted by Crippen LogP contribution is 2.31. The van der Waals surface area contributed by atoms with E-state index < -0.39 is 5.97 Å². The summed E-state index contributed by atoms with van der Waals surface area (Å²) < 4.78 is 11.3. The normalized spacial score (nSPS) is 11.0. The van der Waals surface area contributed by atoms with Gasteiger partial charge in [-0.05, 0) is 92.3 Å². The molecular formula is C41H40O4. The van der Waals surface area contributed by atoms with Crippen LogP contribution in [0.5, 0.6) is 11.5 Å². The van der Waals surface area contributed by atoms with Crippen LogP contribution in [0, 0.1) is 0 Å². The molecule has 0 aliphatic carbocycles. The second-order valence-electron chi connectivity index (χ2n) is 11.8. The SMILES string of the molecule is CC(C)c1cccc(-c2ccc(C(=CCOc3ccc(OCC(=O)O)cc3)c3ccc(-c4cccc(C(C)C)c4)cc3)cc2)c1. The number of hydrogen-bond donors (Lipinski definition) is 1. The summed E-state index contributed by atoms with van der Waals surface area (Å²) in [6.45, 7) is 8.85. The van der Waals surface area contributed by atoms with E-state index in [9.17, 15) is 4.79 Å². The van der Waals surface area contributed by atoms with Gasteiger partial charge in [-0.3, -0.25) is 0 Å². The van der Waals surface area contributed by atoms with Gasteiger partial charge < -0.3 is 14.6 Å². The third-order valence-electron chi connectivity index (χ3n) is 7.89. The summed E-state index contributed by atoms with van der Waals surface area (Å²) in [5.41, 5.74) is 10.7. The molecule has 0 amide bonds. The number of benzene rings is 5. The standard InChI is InChI=1S/C41H40O4/c1-28(2)34-7-5-9-36(25-34)30-11-15-32(16-12-30)40(23-24-44-38-19-21-39(22-20-38)45-27-41(42)43)33-17-13-31(14-18-33)37-10-6-8-35(26-37)29(3)4/h5-23,25-26,28-29H,24,27H2,1-4H3,(H,42,43). The van der Waals surface area contributed by atoms with E-state index in [1.165, 1.54) is 33.4 Å². The highest BCUT2D eigenvalue weighted by molar-refractivity contribution is 5.82. The first-order valence-corrected chi connectivity index (χ1v) is 15.5. The fourth-order valence-corrected chi connectivity index (χ4v) is 5.24. The zero-order chi connectivity index (χ0) is 31.8. The third-order valence-corrected chi connectivity index (χ3v) is 7.89. The lowest BCUT2D eigenvalue weighted by Crippen LogP contribution is -2.09. The zero-order valence-electron chi connectivity index (χ0n) is 26.4. The van der Waals surface area contributed by atoms with E-state index in [1.54, 1.807) is 24.3 Å². The zero-order valence-corrected chi connectivity index (χ0v) is 26.4. The maximum absolute atomic E-state index is 10.8. The number of ether oxygens (including phenoxy) is 2. The molecule has 45 heavy (non-hydrogen) atoms. The van der Waals surface area contributed by atoms with Crippen LogP contribution in [0.2, 0.25) is 0 Å². The van der Waals surface area contributed by atoms with E-state index in [4.69, 9.17) is 14.6 Å². The van der Waals surface area contributed by atoms with Gasteiger partial charge in [0.1, 0.15) is 18.1 Å². The lowest BCUT2D eigenvalue weighted by molar-refractivity contribution is -0.139. The third kappa shape index (κ3) is 8.30. The lowest BCUT2D eigenvalue weighted by atomic mass is 9.92. The molecule has 4 nitrogen and oxygen atoms in total. The number of carbonyl (C=O) groups is 1. The van der Waals surface area contributed by atoms with Gasteiger partial charge in [0.2, 0.25) is 0 Å². The summed E-state index contributed by atoms with van der Waals surface area (Å²) in [5.74, 6) is 1.10. The van der Waals surface area contributed by atoms with Gasteiger partial charge in [-0.2, -0.15) is 0 Å². The van der Waals surface area contributed by atoms with Crippen molar-refractivity contribution in [1.29, 1.82) is 0 Å². The summed E-state index contributed by atoms with van der Waals surface area (Å²) in [4.78, 5) is 10.8. The molecule has 0 bridgehead atoms. The van der Waals surface area contributed by atoms with Crippen molar-refractivity contribution in [2.75, 3.05) is 13.2 Å². The van der Waals surface area contributed by atoms with Gasteiger partial charge in [-0.15, -0.1) is 0 Å². The number of carboxylic acid groups (broad SMARTS) is 1. The highest BCUT2D eigenvalue weighted by Gasteiger charge is 2.10. The molecule has 0 aromatic heterocycles. The quantitative estimate of drug-likeness (QED) is 0.156. The van der Waals surface area contributed by atoms with Crippen molar-refractivity contribution in [2.45, 2.75) is 39.5 Å². The molecule has 0 radical (unpaired) electrons. The molecule has 0 atom stereocenters. The highest BCUT2D eigenvalue weighted by atomic mass is 16.5. The minimum atomic E-state index is -1.01. The topological polar surface area (TPSA) is 55.8 Å². The molecule has 5 aromatic carbocycles. The fourth-order valence-electron chi connectivity index (χ4n) is 5.24. The van der Waals surface area contributed by atoms with Crippen LogP contribution < -0.4 is 9.47 Å². The molecular weight excluding hydrogens is 556 g/mol. The van der Waals surface area contributed by atoms with Crippen LogP contribution in [0.1, 0.15) is 61.8 Å². The van der Waals surface area contributed by atoms with Gasteiger partial charge in [-0.25, -0.2) is 4.79 Å². The van der Waals surface area contributed by atoms with Crippen molar-refractivity contribution in [3.63, 3.8) is 0 Å². The molecule has 228 valence electrons. The van der Waals surface area contributed by atoms with E-state index in [2.05, 4.69) is 131 Å². The van der Waals surface area contributed by atoms with Gasteiger partial charge >= 0.3 is 5.97 Å². The van der Waals surface area contributed by atoms with Crippen LogP contribution >= 0.6 is 0 Å². The number of aliphatic carboxylic acids is 1. The average Bonchev–Trinajstić information content (AvgIpc) is 3.06. The Labute approximate surface area is 266 Å². The maximum atomic E-state index is 10.8. The molecule has 0 saturated carbocycles. The van der Waals surface area contributed by atoms with Crippen molar-refractivity contribution >= 4 is 11.5 Å². The smallest absolute Gasteiger partial charge is 0.341 e. The van der Waals surface area contributed by atoms with Gasteiger partial charge in [0.25, 0.3) is 0 Å². The van der Waals surface area contributed by atoms with Crippen LogP contribution in [0.15, 0.2) is 127 Å². The number of carboxylic acids is 1. The van der Waals surface area contributed by atoms with Crippen LogP contribution in [0.4, 0.5) is 0 Å². The minimum absolute atomic E-state index is 0.362. The molecule has 1 N–H and O–H groups in total. The molecule has 5 rings (SSSR count). The Morgan fingerprint density at radius 1 is 0.600 bits per heavy atom. The Bertz CT molecular complexity index is 1650.